The van der Waals surface area contributed by atoms with Crippen LogP contribution in [0.4, 0.5) is 4.79 Å². The third-order valence-corrected chi connectivity index (χ3v) is 2.94. The Morgan fingerprint density at radius 1 is 1.62 bits per heavy atom. The predicted molar refractivity (Wildman–Crippen MR) is 45.7 cm³/mol. The minimum Gasteiger partial charge on any atom is -0.465 e. The Kier molecular flexibility index (Phi) is 2.13. The molecule has 74 valence electrons. The van der Waals surface area contributed by atoms with Gasteiger partial charge >= 0.3 is 6.09 Å². The summed E-state index contributed by atoms with van der Waals surface area (Å²) in [5.74, 6) is 0. The van der Waals surface area contributed by atoms with Crippen LogP contribution in [0.1, 0.15) is 6.42 Å². The number of nitrogens with zero attached hydrogens (tertiary/aromatic N) is 1. The van der Waals surface area contributed by atoms with Gasteiger partial charge in [0.1, 0.15) is 0 Å². The lowest BCUT2D eigenvalue weighted by Crippen LogP contribution is -2.55. The fourth-order valence-electron chi connectivity index (χ4n) is 2.35. The van der Waals surface area contributed by atoms with E-state index in [0.29, 0.717) is 6.54 Å². The summed E-state index contributed by atoms with van der Waals surface area (Å²) in [5, 5.41) is 12.2. The second kappa shape index (κ2) is 3.16. The third-order valence-electron chi connectivity index (χ3n) is 2.94. The van der Waals surface area contributed by atoms with Crippen molar-refractivity contribution in [3.8, 4) is 0 Å². The molecule has 2 bridgehead atoms. The van der Waals surface area contributed by atoms with E-state index in [4.69, 9.17) is 9.84 Å². The lowest BCUT2D eigenvalue weighted by Gasteiger charge is -2.33. The Labute approximate surface area is 76.7 Å². The molecule has 0 aromatic heterocycles. The molecule has 2 fully saturated rings. The van der Waals surface area contributed by atoms with Crippen LogP contribution in [-0.2, 0) is 4.74 Å². The largest absolute Gasteiger partial charge is 0.465 e. The van der Waals surface area contributed by atoms with Gasteiger partial charge in [0.15, 0.2) is 0 Å². The summed E-state index contributed by atoms with van der Waals surface area (Å²) in [5.41, 5.74) is 0. The number of methoxy groups -OCH3 is 1. The number of piperazine rings is 1. The van der Waals surface area contributed by atoms with Gasteiger partial charge in [-0.25, -0.2) is 4.79 Å². The van der Waals surface area contributed by atoms with Gasteiger partial charge in [-0.15, -0.1) is 0 Å². The topological polar surface area (TPSA) is 61.8 Å². The second-order valence-corrected chi connectivity index (χ2v) is 3.58. The van der Waals surface area contributed by atoms with Gasteiger partial charge in [0.05, 0.1) is 18.2 Å². The number of hydrogen-bond acceptors (Lipinski definition) is 3. The van der Waals surface area contributed by atoms with Gasteiger partial charge in [0.2, 0.25) is 0 Å². The molecule has 5 heteroatoms. The third kappa shape index (κ3) is 1.28. The molecule has 5 nitrogen and oxygen atoms in total. The SMILES string of the molecule is CO[C@H]1C[C@H]2CNC[C@@H]1N2C(=O)O. The molecule has 0 aromatic rings. The Bertz CT molecular complexity index is 221. The van der Waals surface area contributed by atoms with Crippen LogP contribution in [0.15, 0.2) is 0 Å². The highest BCUT2D eigenvalue weighted by Gasteiger charge is 2.46. The minimum absolute atomic E-state index is 0.00116. The maximum Gasteiger partial charge on any atom is 0.407 e. The maximum atomic E-state index is 10.9. The van der Waals surface area contributed by atoms with Crippen molar-refractivity contribution in [1.29, 1.82) is 0 Å². The molecule has 3 atom stereocenters. The maximum absolute atomic E-state index is 10.9. The van der Waals surface area contributed by atoms with Crippen LogP contribution in [0.3, 0.4) is 0 Å². The molecule has 0 aliphatic carbocycles. The van der Waals surface area contributed by atoms with Crippen molar-refractivity contribution in [3.05, 3.63) is 0 Å². The molecule has 0 spiro atoms. The van der Waals surface area contributed by atoms with Crippen LogP contribution in [0, 0.1) is 0 Å². The smallest absolute Gasteiger partial charge is 0.407 e. The average Bonchev–Trinajstić information content (AvgIpc) is 2.33. The van der Waals surface area contributed by atoms with Gasteiger partial charge < -0.3 is 15.2 Å². The molecule has 2 saturated heterocycles. The van der Waals surface area contributed by atoms with Gasteiger partial charge in [-0.3, -0.25) is 4.90 Å². The van der Waals surface area contributed by atoms with Crippen molar-refractivity contribution in [1.82, 2.24) is 10.2 Å². The van der Waals surface area contributed by atoms with Crippen LogP contribution in [0.25, 0.3) is 0 Å². The normalized spacial score (nSPS) is 37.9. The number of amides is 1. The first-order valence-corrected chi connectivity index (χ1v) is 4.49. The van der Waals surface area contributed by atoms with E-state index in [2.05, 4.69) is 5.32 Å². The summed E-state index contributed by atoms with van der Waals surface area (Å²) in [6, 6.07) is 0.0995. The Morgan fingerprint density at radius 2 is 2.38 bits per heavy atom. The van der Waals surface area contributed by atoms with Gasteiger partial charge in [0, 0.05) is 20.2 Å². The molecule has 1 amide bonds. The van der Waals surface area contributed by atoms with E-state index in [1.54, 1.807) is 7.11 Å². The molecule has 2 heterocycles. The van der Waals surface area contributed by atoms with Gasteiger partial charge in [-0.1, -0.05) is 0 Å². The molecule has 0 aromatic carbocycles. The molecule has 2 rings (SSSR count). The number of hydrogen-bond donors (Lipinski definition) is 2. The summed E-state index contributed by atoms with van der Waals surface area (Å²) in [6.07, 6.45) is 0.0626. The zero-order chi connectivity index (χ0) is 9.42. The Hall–Kier alpha value is -0.810. The second-order valence-electron chi connectivity index (χ2n) is 3.58. The molecular formula is C8H14N2O3. The van der Waals surface area contributed by atoms with Gasteiger partial charge in [0.25, 0.3) is 0 Å². The fourth-order valence-corrected chi connectivity index (χ4v) is 2.35. The van der Waals surface area contributed by atoms with E-state index in [0.717, 1.165) is 13.0 Å². The Balaban J connectivity index is 2.17. The molecule has 2 aliphatic rings. The molecule has 2 N–H and O–H groups in total. The monoisotopic (exact) mass is 186 g/mol. The fraction of sp³-hybridized carbons (Fsp3) is 0.875. The standard InChI is InChI=1S/C8H14N2O3/c1-13-7-2-5-3-9-4-6(7)10(5)8(11)12/h5-7,9H,2-4H2,1H3,(H,11,12)/t5-,6-,7-/m0/s1. The van der Waals surface area contributed by atoms with Crippen molar-refractivity contribution < 1.29 is 14.6 Å². The van der Waals surface area contributed by atoms with Crippen LogP contribution in [0.2, 0.25) is 0 Å². The van der Waals surface area contributed by atoms with E-state index in [9.17, 15) is 4.79 Å². The summed E-state index contributed by atoms with van der Waals surface area (Å²) < 4.78 is 5.26. The number of carbonyl (C=O) groups is 1. The van der Waals surface area contributed by atoms with E-state index in [-0.39, 0.29) is 18.2 Å². The van der Waals surface area contributed by atoms with Crippen molar-refractivity contribution in [2.45, 2.75) is 24.6 Å². The first kappa shape index (κ1) is 8.77. The number of fused-ring (bicyclic) bond motifs is 2. The number of carboxylic acid groups (broad SMARTS) is 1. The van der Waals surface area contributed by atoms with E-state index in [1.807, 2.05) is 0 Å². The first-order valence-electron chi connectivity index (χ1n) is 4.49. The van der Waals surface area contributed by atoms with E-state index in [1.165, 1.54) is 4.90 Å². The molecule has 0 radical (unpaired) electrons. The lowest BCUT2D eigenvalue weighted by atomic mass is 10.2. The van der Waals surface area contributed by atoms with Crippen LogP contribution >= 0.6 is 0 Å². The molecule has 0 saturated carbocycles. The molecular weight excluding hydrogens is 172 g/mol. The number of nitrogens with one attached hydrogen (secondary N) is 1. The number of rotatable bonds is 1. The highest BCUT2D eigenvalue weighted by atomic mass is 16.5. The quantitative estimate of drug-likeness (QED) is 0.591. The summed E-state index contributed by atoms with van der Waals surface area (Å²) in [6.45, 7) is 1.46. The highest BCUT2D eigenvalue weighted by molar-refractivity contribution is 5.67. The summed E-state index contributed by atoms with van der Waals surface area (Å²) >= 11 is 0. The first-order chi connectivity index (χ1) is 6.24. The molecule has 0 unspecified atom stereocenters. The van der Waals surface area contributed by atoms with Gasteiger partial charge in [-0.05, 0) is 6.42 Å². The molecule has 2 aliphatic heterocycles. The van der Waals surface area contributed by atoms with Gasteiger partial charge in [-0.2, -0.15) is 0 Å². The van der Waals surface area contributed by atoms with Crippen LogP contribution in [0.5, 0.6) is 0 Å². The summed E-state index contributed by atoms with van der Waals surface area (Å²) in [4.78, 5) is 12.5. The van der Waals surface area contributed by atoms with E-state index >= 15 is 0 Å². The van der Waals surface area contributed by atoms with Crippen LogP contribution in [-0.4, -0.2) is 54.5 Å². The Morgan fingerprint density at radius 3 is 2.92 bits per heavy atom. The highest BCUT2D eigenvalue weighted by Crippen LogP contribution is 2.28. The van der Waals surface area contributed by atoms with Crippen molar-refractivity contribution >= 4 is 6.09 Å². The molecule has 13 heavy (non-hydrogen) atoms. The summed E-state index contributed by atoms with van der Waals surface area (Å²) in [7, 11) is 1.64. The zero-order valence-electron chi connectivity index (χ0n) is 7.56. The lowest BCUT2D eigenvalue weighted by molar-refractivity contribution is 0.0554. The van der Waals surface area contributed by atoms with Crippen molar-refractivity contribution in [3.63, 3.8) is 0 Å². The average molecular weight is 186 g/mol. The zero-order valence-corrected chi connectivity index (χ0v) is 7.56. The van der Waals surface area contributed by atoms with Crippen molar-refractivity contribution in [2.75, 3.05) is 20.2 Å². The van der Waals surface area contributed by atoms with Crippen LogP contribution < -0.4 is 5.32 Å². The van der Waals surface area contributed by atoms with Crippen molar-refractivity contribution in [2.24, 2.45) is 0 Å². The number of ether oxygens (including phenoxy) is 1. The minimum atomic E-state index is -0.823. The predicted octanol–water partition coefficient (Wildman–Crippen LogP) is -0.274. The van der Waals surface area contributed by atoms with E-state index < -0.39 is 6.09 Å².